The molecule has 3 aliphatic rings. The number of carbonyl (C=O) groups is 1. The molecule has 2 fully saturated rings. The van der Waals surface area contributed by atoms with Crippen LogP contribution < -0.4 is 19.3 Å². The van der Waals surface area contributed by atoms with E-state index < -0.39 is 11.7 Å². The second-order valence-corrected chi connectivity index (χ2v) is 10.7. The summed E-state index contributed by atoms with van der Waals surface area (Å²) in [5, 5.41) is 9.41. The van der Waals surface area contributed by atoms with Gasteiger partial charge in [-0.15, -0.1) is 0 Å². The molecule has 0 saturated carbocycles. The topological polar surface area (TPSA) is 94.5 Å². The van der Waals surface area contributed by atoms with Crippen molar-refractivity contribution >= 4 is 17.4 Å². The number of alkyl halides is 3. The summed E-state index contributed by atoms with van der Waals surface area (Å²) in [4.78, 5) is 29.3. The van der Waals surface area contributed by atoms with Crippen LogP contribution in [0.5, 0.6) is 11.8 Å². The Bertz CT molecular complexity index is 1280. The Morgan fingerprint density at radius 1 is 1.14 bits per heavy atom. The Morgan fingerprint density at radius 2 is 1.93 bits per heavy atom. The first-order valence-corrected chi connectivity index (χ1v) is 14.3. The molecule has 10 nitrogen and oxygen atoms in total. The Balaban J connectivity index is 1.45. The highest BCUT2D eigenvalue weighted by atomic mass is 19.4. The Kier molecular flexibility index (Phi) is 9.07. The number of aromatic nitrogens is 2. The van der Waals surface area contributed by atoms with Crippen molar-refractivity contribution in [2.24, 2.45) is 0 Å². The van der Waals surface area contributed by atoms with Crippen LogP contribution >= 0.6 is 0 Å². The fourth-order valence-electron chi connectivity index (χ4n) is 6.10. The molecule has 1 aromatic carbocycles. The van der Waals surface area contributed by atoms with E-state index in [1.54, 1.807) is 15.9 Å². The summed E-state index contributed by atoms with van der Waals surface area (Å²) in [6, 6.07) is 4.63. The van der Waals surface area contributed by atoms with Gasteiger partial charge in [0.05, 0.1) is 31.6 Å². The minimum absolute atomic E-state index is 0.0392. The van der Waals surface area contributed by atoms with Gasteiger partial charge < -0.3 is 29.3 Å². The molecule has 228 valence electrons. The quantitative estimate of drug-likeness (QED) is 0.443. The third-order valence-corrected chi connectivity index (χ3v) is 8.23. The van der Waals surface area contributed by atoms with E-state index in [2.05, 4.69) is 16.4 Å². The smallest absolute Gasteiger partial charge is 0.421 e. The first kappa shape index (κ1) is 29.9. The minimum atomic E-state index is -4.60. The Morgan fingerprint density at radius 3 is 2.62 bits per heavy atom. The molecule has 1 N–H and O–H groups in total. The predicted molar refractivity (Wildman–Crippen MR) is 151 cm³/mol. The number of amides is 1. The summed E-state index contributed by atoms with van der Waals surface area (Å²) in [5.41, 5.74) is 0.717. The number of likely N-dealkylation sites (tertiary alicyclic amines) is 1. The number of rotatable bonds is 9. The Hall–Kier alpha value is -3.58. The maximum absolute atomic E-state index is 14.2. The third-order valence-electron chi connectivity index (χ3n) is 8.23. The molecule has 0 radical (unpaired) electrons. The Labute approximate surface area is 243 Å². The molecule has 0 spiro atoms. The van der Waals surface area contributed by atoms with Crippen molar-refractivity contribution < 1.29 is 32.5 Å². The van der Waals surface area contributed by atoms with Gasteiger partial charge in [0.15, 0.2) is 0 Å². The van der Waals surface area contributed by atoms with Crippen molar-refractivity contribution in [3.8, 4) is 11.8 Å². The highest BCUT2D eigenvalue weighted by molar-refractivity contribution is 5.87. The van der Waals surface area contributed by atoms with Gasteiger partial charge in [0, 0.05) is 50.9 Å². The second-order valence-electron chi connectivity index (χ2n) is 10.7. The molecular formula is C29H37F3N6O4. The van der Waals surface area contributed by atoms with Crippen molar-refractivity contribution in [1.29, 1.82) is 0 Å². The number of piperazine rings is 1. The van der Waals surface area contributed by atoms with E-state index in [-0.39, 0.29) is 42.5 Å². The molecule has 3 aliphatic heterocycles. The highest BCUT2D eigenvalue weighted by Gasteiger charge is 2.39. The summed E-state index contributed by atoms with van der Waals surface area (Å²) >= 11 is 0. The van der Waals surface area contributed by atoms with Gasteiger partial charge in [-0.2, -0.15) is 23.1 Å². The number of nitrogens with zero attached hydrogens (tertiary/aromatic N) is 6. The van der Waals surface area contributed by atoms with E-state index in [0.717, 1.165) is 24.9 Å². The average Bonchev–Trinajstić information content (AvgIpc) is 3.45. The number of ether oxygens (including phenoxy) is 2. The number of benzene rings is 1. The molecule has 1 amide bonds. The number of fused-ring (bicyclic) bond motifs is 1. The summed E-state index contributed by atoms with van der Waals surface area (Å²) < 4.78 is 53.7. The number of aliphatic hydroxyl groups excluding tert-OH is 1. The van der Waals surface area contributed by atoms with Crippen LogP contribution in [-0.4, -0.2) is 103 Å². The number of carbonyl (C=O) groups excluding carboxylic acids is 1. The largest absolute Gasteiger partial charge is 0.496 e. The lowest BCUT2D eigenvalue weighted by Crippen LogP contribution is -2.49. The highest BCUT2D eigenvalue weighted by Crippen LogP contribution is 2.44. The van der Waals surface area contributed by atoms with Crippen LogP contribution in [0.4, 0.5) is 24.7 Å². The molecule has 1 atom stereocenters. The van der Waals surface area contributed by atoms with Crippen LogP contribution in [-0.2, 0) is 23.9 Å². The van der Waals surface area contributed by atoms with E-state index in [0.29, 0.717) is 63.8 Å². The fraction of sp³-hybridized carbons (Fsp3) is 0.552. The maximum Gasteiger partial charge on any atom is 0.421 e. The SMILES string of the molecule is C=CC(=O)N1CCN(c2nc(OC[C@@H]3CCCN3CCO)nc3c2CCN(c2cccc(OC)c2C(F)(F)F)C3)CC1. The lowest BCUT2D eigenvalue weighted by atomic mass is 10.0. The van der Waals surface area contributed by atoms with Crippen LogP contribution in [0, 0.1) is 0 Å². The second kappa shape index (κ2) is 12.7. The van der Waals surface area contributed by atoms with Crippen LogP contribution in [0.2, 0.25) is 0 Å². The van der Waals surface area contributed by atoms with Crippen LogP contribution in [0.1, 0.15) is 29.7 Å². The van der Waals surface area contributed by atoms with E-state index in [4.69, 9.17) is 19.4 Å². The number of hydrogen-bond donors (Lipinski definition) is 1. The first-order chi connectivity index (χ1) is 20.2. The molecule has 0 unspecified atom stereocenters. The van der Waals surface area contributed by atoms with Gasteiger partial charge in [0.2, 0.25) is 5.91 Å². The van der Waals surface area contributed by atoms with Gasteiger partial charge in [-0.3, -0.25) is 9.69 Å². The summed E-state index contributed by atoms with van der Waals surface area (Å²) in [7, 11) is 1.23. The van der Waals surface area contributed by atoms with E-state index in [1.165, 1.54) is 25.3 Å². The van der Waals surface area contributed by atoms with Gasteiger partial charge in [0.25, 0.3) is 0 Å². The first-order valence-electron chi connectivity index (χ1n) is 14.3. The number of methoxy groups -OCH3 is 1. The fourth-order valence-corrected chi connectivity index (χ4v) is 6.10. The zero-order valence-corrected chi connectivity index (χ0v) is 23.8. The molecule has 5 rings (SSSR count). The summed E-state index contributed by atoms with van der Waals surface area (Å²) in [6.45, 7) is 8.02. The standard InChI is InChI=1S/C29H37F3N6O4/c1-3-25(40)36-12-14-37(15-13-36)27-21-9-11-38(23-7-4-8-24(41-2)26(23)29(30,31)32)18-22(21)33-28(34-27)42-19-20-6-5-10-35(20)16-17-39/h3-4,7-8,20,39H,1,5-6,9-19H2,2H3/t20-/m0/s1. The maximum atomic E-state index is 14.2. The molecular weight excluding hydrogens is 553 g/mol. The van der Waals surface area contributed by atoms with Gasteiger partial charge in [-0.25, -0.2) is 0 Å². The van der Waals surface area contributed by atoms with Crippen molar-refractivity contribution in [3.63, 3.8) is 0 Å². The molecule has 1 aromatic heterocycles. The third kappa shape index (κ3) is 6.26. The van der Waals surface area contributed by atoms with E-state index in [9.17, 15) is 23.1 Å². The van der Waals surface area contributed by atoms with E-state index in [1.807, 2.05) is 0 Å². The van der Waals surface area contributed by atoms with Crippen molar-refractivity contribution in [3.05, 3.63) is 47.7 Å². The lowest BCUT2D eigenvalue weighted by molar-refractivity contribution is -0.138. The minimum Gasteiger partial charge on any atom is -0.496 e. The van der Waals surface area contributed by atoms with Gasteiger partial charge in [-0.1, -0.05) is 12.6 Å². The van der Waals surface area contributed by atoms with Crippen LogP contribution in [0.15, 0.2) is 30.9 Å². The number of halogens is 3. The van der Waals surface area contributed by atoms with Crippen LogP contribution in [0.25, 0.3) is 0 Å². The van der Waals surface area contributed by atoms with Crippen molar-refractivity contribution in [2.75, 3.05) is 75.9 Å². The lowest BCUT2D eigenvalue weighted by Gasteiger charge is -2.38. The summed E-state index contributed by atoms with van der Waals surface area (Å²) in [5.74, 6) is 0.344. The van der Waals surface area contributed by atoms with Gasteiger partial charge >= 0.3 is 12.2 Å². The molecule has 0 aliphatic carbocycles. The summed E-state index contributed by atoms with van der Waals surface area (Å²) in [6.07, 6.45) is -0.911. The average molecular weight is 591 g/mol. The van der Waals surface area contributed by atoms with Gasteiger partial charge in [0.1, 0.15) is 23.7 Å². The van der Waals surface area contributed by atoms with Crippen LogP contribution in [0.3, 0.4) is 0 Å². The zero-order valence-electron chi connectivity index (χ0n) is 23.8. The number of hydrogen-bond acceptors (Lipinski definition) is 9. The van der Waals surface area contributed by atoms with E-state index >= 15 is 0 Å². The zero-order chi connectivity index (χ0) is 29.9. The predicted octanol–water partition coefficient (Wildman–Crippen LogP) is 2.74. The molecule has 2 saturated heterocycles. The van der Waals surface area contributed by atoms with Crippen molar-refractivity contribution in [1.82, 2.24) is 19.8 Å². The molecule has 13 heteroatoms. The molecule has 42 heavy (non-hydrogen) atoms. The normalized spacial score (nSPS) is 19.5. The van der Waals surface area contributed by atoms with Crippen molar-refractivity contribution in [2.45, 2.75) is 38.0 Å². The number of aliphatic hydroxyl groups is 1. The molecule has 0 bridgehead atoms. The molecule has 2 aromatic rings. The van der Waals surface area contributed by atoms with Gasteiger partial charge in [-0.05, 0) is 44.0 Å². The number of anilines is 2. The number of β-amino-alcohol motifs (C(OH)–C–C–N with tert-alkyl or cyclic N) is 1. The monoisotopic (exact) mass is 590 g/mol. The molecule has 4 heterocycles.